The molecule has 2 aliphatic rings. The fourth-order valence-electron chi connectivity index (χ4n) is 7.86. The Balaban J connectivity index is 1.08. The maximum Gasteiger partial charge on any atom is 0.407 e. The number of carbonyl (C=O) groups is 3. The van der Waals surface area contributed by atoms with Gasteiger partial charge in [0, 0.05) is 32.1 Å². The zero-order valence-electron chi connectivity index (χ0n) is 30.8. The van der Waals surface area contributed by atoms with Crippen LogP contribution in [-0.4, -0.2) is 72.0 Å². The van der Waals surface area contributed by atoms with Gasteiger partial charge < -0.3 is 25.2 Å². The summed E-state index contributed by atoms with van der Waals surface area (Å²) in [7, 11) is 0. The van der Waals surface area contributed by atoms with E-state index >= 15 is 0 Å². The first-order chi connectivity index (χ1) is 26.0. The molecule has 3 amide bonds. The van der Waals surface area contributed by atoms with Crippen LogP contribution in [-0.2, 0) is 27.4 Å². The van der Waals surface area contributed by atoms with Crippen LogP contribution in [0.4, 0.5) is 4.79 Å². The Kier molecular flexibility index (Phi) is 13.7. The second-order valence-electron chi connectivity index (χ2n) is 14.5. The highest BCUT2D eigenvalue weighted by Gasteiger charge is 2.53. The van der Waals surface area contributed by atoms with Crippen molar-refractivity contribution in [2.45, 2.75) is 81.9 Å². The summed E-state index contributed by atoms with van der Waals surface area (Å²) in [6.45, 7) is 3.66. The molecule has 0 aliphatic carbocycles. The van der Waals surface area contributed by atoms with Crippen LogP contribution in [0.5, 0.6) is 0 Å². The second kappa shape index (κ2) is 19.2. The molecule has 8 nitrogen and oxygen atoms in total. The molecule has 2 saturated heterocycles. The fourth-order valence-corrected chi connectivity index (χ4v) is 7.86. The first-order valence-corrected chi connectivity index (χ1v) is 19.4. The molecule has 1 unspecified atom stereocenters. The summed E-state index contributed by atoms with van der Waals surface area (Å²) in [6, 6.07) is 40.3. The van der Waals surface area contributed by atoms with Gasteiger partial charge in [0.1, 0.15) is 18.2 Å². The molecular formula is C45H54N4O4. The average molecular weight is 715 g/mol. The van der Waals surface area contributed by atoms with Crippen molar-refractivity contribution in [3.63, 3.8) is 0 Å². The van der Waals surface area contributed by atoms with Crippen LogP contribution in [0.25, 0.3) is 0 Å². The molecule has 2 aliphatic heterocycles. The normalized spacial score (nSPS) is 17.2. The minimum atomic E-state index is -0.886. The van der Waals surface area contributed by atoms with Gasteiger partial charge in [-0.15, -0.1) is 0 Å². The molecule has 53 heavy (non-hydrogen) atoms. The number of carbonyl (C=O) groups excluding carboxylic acids is 3. The summed E-state index contributed by atoms with van der Waals surface area (Å²) in [5.74, 6) is -0.114. The molecule has 1 atom stereocenters. The smallest absolute Gasteiger partial charge is 0.407 e. The summed E-state index contributed by atoms with van der Waals surface area (Å²) >= 11 is 0. The zero-order valence-corrected chi connectivity index (χ0v) is 30.8. The first-order valence-electron chi connectivity index (χ1n) is 19.4. The van der Waals surface area contributed by atoms with Crippen molar-refractivity contribution in [1.29, 1.82) is 0 Å². The van der Waals surface area contributed by atoms with Crippen molar-refractivity contribution >= 4 is 17.9 Å². The van der Waals surface area contributed by atoms with Gasteiger partial charge in [0.25, 0.3) is 0 Å². The summed E-state index contributed by atoms with van der Waals surface area (Å²) in [5, 5.41) is 5.99. The second-order valence-corrected chi connectivity index (χ2v) is 14.5. The predicted molar refractivity (Wildman–Crippen MR) is 209 cm³/mol. The van der Waals surface area contributed by atoms with E-state index in [4.69, 9.17) is 4.74 Å². The number of aryl methyl sites for hydroxylation is 1. The molecule has 2 fully saturated rings. The van der Waals surface area contributed by atoms with Crippen molar-refractivity contribution in [2.75, 3.05) is 32.7 Å². The molecule has 0 aromatic heterocycles. The van der Waals surface area contributed by atoms with E-state index in [1.165, 1.54) is 18.4 Å². The molecule has 2 N–H and O–H groups in total. The lowest BCUT2D eigenvalue weighted by atomic mass is 9.79. The van der Waals surface area contributed by atoms with Crippen molar-refractivity contribution in [3.05, 3.63) is 144 Å². The lowest BCUT2D eigenvalue weighted by Crippen LogP contribution is -2.73. The number of hydrogen-bond donors (Lipinski definition) is 2. The molecule has 6 rings (SSSR count). The number of piperazine rings is 1. The van der Waals surface area contributed by atoms with Gasteiger partial charge in [-0.05, 0) is 80.2 Å². The van der Waals surface area contributed by atoms with Gasteiger partial charge in [0.2, 0.25) is 11.8 Å². The Morgan fingerprint density at radius 2 is 1.32 bits per heavy atom. The summed E-state index contributed by atoms with van der Waals surface area (Å²) < 4.78 is 5.33. The van der Waals surface area contributed by atoms with Crippen LogP contribution in [0, 0.1) is 0 Å². The number of likely N-dealkylation sites (tertiary alicyclic amines) is 1. The monoisotopic (exact) mass is 714 g/mol. The largest absolute Gasteiger partial charge is 0.445 e. The maximum absolute atomic E-state index is 14.6. The van der Waals surface area contributed by atoms with Gasteiger partial charge in [-0.3, -0.25) is 9.59 Å². The molecule has 2 heterocycles. The van der Waals surface area contributed by atoms with Crippen molar-refractivity contribution in [3.8, 4) is 0 Å². The van der Waals surface area contributed by atoms with E-state index < -0.39 is 17.7 Å². The van der Waals surface area contributed by atoms with E-state index in [-0.39, 0.29) is 24.3 Å². The Labute approximate surface area is 314 Å². The topological polar surface area (TPSA) is 91.0 Å². The zero-order chi connectivity index (χ0) is 36.7. The molecule has 4 aromatic rings. The van der Waals surface area contributed by atoms with E-state index in [2.05, 4.69) is 70.1 Å². The highest BCUT2D eigenvalue weighted by Crippen LogP contribution is 2.37. The Morgan fingerprint density at radius 3 is 1.94 bits per heavy atom. The Morgan fingerprint density at radius 1 is 0.736 bits per heavy atom. The number of nitrogens with one attached hydrogen (secondary N) is 2. The van der Waals surface area contributed by atoms with E-state index in [1.807, 2.05) is 71.6 Å². The Bertz CT molecular complexity index is 1670. The molecule has 0 bridgehead atoms. The van der Waals surface area contributed by atoms with E-state index in [0.717, 1.165) is 49.2 Å². The van der Waals surface area contributed by atoms with Gasteiger partial charge in [-0.2, -0.15) is 0 Å². The molecule has 8 heteroatoms. The lowest BCUT2D eigenvalue weighted by Gasteiger charge is -2.52. The highest BCUT2D eigenvalue weighted by atomic mass is 16.5. The van der Waals surface area contributed by atoms with Crippen LogP contribution < -0.4 is 10.6 Å². The highest BCUT2D eigenvalue weighted by molar-refractivity contribution is 6.00. The third-order valence-corrected chi connectivity index (χ3v) is 10.9. The Hall–Kier alpha value is -4.95. The average Bonchev–Trinajstić information content (AvgIpc) is 3.21. The number of nitrogens with zero attached hydrogens (tertiary/aromatic N) is 2. The quantitative estimate of drug-likeness (QED) is 0.111. The number of ether oxygens (including phenoxy) is 1. The molecule has 0 saturated carbocycles. The number of piperidine rings is 1. The number of rotatable bonds is 17. The van der Waals surface area contributed by atoms with Gasteiger partial charge in [-0.1, -0.05) is 128 Å². The molecule has 0 radical (unpaired) electrons. The van der Waals surface area contributed by atoms with Crippen molar-refractivity contribution in [2.24, 2.45) is 0 Å². The van der Waals surface area contributed by atoms with Crippen LogP contribution in [0.15, 0.2) is 121 Å². The minimum absolute atomic E-state index is 0.00828. The summed E-state index contributed by atoms with van der Waals surface area (Å²) in [6.07, 6.45) is 7.19. The number of hydrogen-bond acceptors (Lipinski definition) is 5. The number of unbranched alkanes of at least 4 members (excludes halogenated alkanes) is 3. The van der Waals surface area contributed by atoms with Gasteiger partial charge >= 0.3 is 6.09 Å². The number of alkyl carbamates (subject to hydrolysis) is 1. The third-order valence-electron chi connectivity index (χ3n) is 10.9. The molecule has 4 aromatic carbocycles. The fraction of sp³-hybridized carbons (Fsp3) is 0.400. The van der Waals surface area contributed by atoms with Gasteiger partial charge in [0.05, 0.1) is 0 Å². The van der Waals surface area contributed by atoms with Crippen LogP contribution >= 0.6 is 0 Å². The van der Waals surface area contributed by atoms with Crippen LogP contribution in [0.2, 0.25) is 0 Å². The molecular weight excluding hydrogens is 661 g/mol. The van der Waals surface area contributed by atoms with Crippen molar-refractivity contribution < 1.29 is 19.1 Å². The molecule has 1 spiro atoms. The van der Waals surface area contributed by atoms with Crippen molar-refractivity contribution in [1.82, 2.24) is 20.4 Å². The number of benzene rings is 4. The lowest BCUT2D eigenvalue weighted by molar-refractivity contribution is -0.161. The number of amides is 3. The van der Waals surface area contributed by atoms with E-state index in [9.17, 15) is 14.4 Å². The van der Waals surface area contributed by atoms with Crippen LogP contribution in [0.1, 0.15) is 79.5 Å². The van der Waals surface area contributed by atoms with E-state index in [1.54, 1.807) is 0 Å². The van der Waals surface area contributed by atoms with Crippen LogP contribution in [0.3, 0.4) is 0 Å². The maximum atomic E-state index is 14.6. The standard InChI is InChI=1S/C45H54N4O4/c50-42-41(27-15-16-30-46-44(52)53-35-37-21-8-2-9-22-37)47-43(51)45(28-32-48(33-29-45)31-17-5-10-20-36-18-6-1-7-19-36)49(42)34-40(38-23-11-3-12-24-38)39-25-13-4-14-26-39/h1-4,6-9,11-14,18-19,21-26,40-41H,5,10,15-17,20,27-35H2,(H,46,52)(H,47,51). The summed E-state index contributed by atoms with van der Waals surface area (Å²) in [5.41, 5.74) is 3.69. The van der Waals surface area contributed by atoms with Gasteiger partial charge in [-0.25, -0.2) is 4.79 Å². The molecule has 278 valence electrons. The predicted octanol–water partition coefficient (Wildman–Crippen LogP) is 7.49. The SMILES string of the molecule is O=C(NCCCCC1NC(=O)C2(CCN(CCCCCc3ccccc3)CC2)N(CC(c2ccccc2)c2ccccc2)C1=O)OCc1ccccc1. The third kappa shape index (κ3) is 10.4. The van der Waals surface area contributed by atoms with E-state index in [0.29, 0.717) is 45.2 Å². The minimum Gasteiger partial charge on any atom is -0.445 e. The summed E-state index contributed by atoms with van der Waals surface area (Å²) in [4.78, 5) is 45.6. The van der Waals surface area contributed by atoms with Gasteiger partial charge in [0.15, 0.2) is 0 Å². The first kappa shape index (κ1) is 37.8.